The Balaban J connectivity index is 1.28. The SMILES string of the molecule is O=C(N[C@@H]1CN(C2CC2)C[C@H]1NC(=O)c1ccc(Cl)s1)c1ccc(-n2ccccc2=O)cc1. The highest BCUT2D eigenvalue weighted by molar-refractivity contribution is 7.18. The summed E-state index contributed by atoms with van der Waals surface area (Å²) < 4.78 is 2.09. The molecule has 3 heterocycles. The number of likely N-dealkylation sites (tertiary alicyclic amines) is 1. The van der Waals surface area contributed by atoms with Gasteiger partial charge in [-0.15, -0.1) is 11.3 Å². The van der Waals surface area contributed by atoms with E-state index in [4.69, 9.17) is 11.6 Å². The number of aromatic nitrogens is 1. The van der Waals surface area contributed by atoms with Crippen LogP contribution in [0.5, 0.6) is 0 Å². The molecule has 0 bridgehead atoms. The molecular formula is C24H23ClN4O3S. The zero-order valence-corrected chi connectivity index (χ0v) is 19.3. The minimum Gasteiger partial charge on any atom is -0.346 e. The van der Waals surface area contributed by atoms with Gasteiger partial charge < -0.3 is 10.6 Å². The van der Waals surface area contributed by atoms with Crippen molar-refractivity contribution in [3.63, 3.8) is 0 Å². The third-order valence-electron chi connectivity index (χ3n) is 6.07. The third-order valence-corrected chi connectivity index (χ3v) is 7.30. The molecule has 2 N–H and O–H groups in total. The van der Waals surface area contributed by atoms with Crippen LogP contribution in [0.4, 0.5) is 0 Å². The van der Waals surface area contributed by atoms with Gasteiger partial charge in [-0.25, -0.2) is 0 Å². The molecule has 2 atom stereocenters. The predicted molar refractivity (Wildman–Crippen MR) is 128 cm³/mol. The van der Waals surface area contributed by atoms with Crippen molar-refractivity contribution >= 4 is 34.8 Å². The smallest absolute Gasteiger partial charge is 0.261 e. The maximum atomic E-state index is 13.0. The second-order valence-electron chi connectivity index (χ2n) is 8.40. The average molecular weight is 483 g/mol. The van der Waals surface area contributed by atoms with Crippen LogP contribution < -0.4 is 16.2 Å². The number of rotatable bonds is 6. The Morgan fingerprint density at radius 2 is 1.61 bits per heavy atom. The fourth-order valence-electron chi connectivity index (χ4n) is 4.21. The molecule has 1 aliphatic heterocycles. The van der Waals surface area contributed by atoms with Crippen molar-refractivity contribution in [1.29, 1.82) is 0 Å². The second kappa shape index (κ2) is 9.13. The molecule has 2 fully saturated rings. The summed E-state index contributed by atoms with van der Waals surface area (Å²) in [5, 5.41) is 6.19. The Bertz CT molecular complexity index is 1230. The first-order valence-corrected chi connectivity index (χ1v) is 12.1. The van der Waals surface area contributed by atoms with Crippen molar-refractivity contribution in [2.24, 2.45) is 0 Å². The van der Waals surface area contributed by atoms with Gasteiger partial charge in [0.2, 0.25) is 0 Å². The minimum atomic E-state index is -0.206. The molecule has 2 aliphatic rings. The molecule has 33 heavy (non-hydrogen) atoms. The monoisotopic (exact) mass is 482 g/mol. The van der Waals surface area contributed by atoms with Gasteiger partial charge in [-0.3, -0.25) is 23.9 Å². The highest BCUT2D eigenvalue weighted by Gasteiger charge is 2.41. The summed E-state index contributed by atoms with van der Waals surface area (Å²) in [6, 6.07) is 15.4. The lowest BCUT2D eigenvalue weighted by atomic mass is 10.1. The molecular weight excluding hydrogens is 460 g/mol. The molecule has 0 unspecified atom stereocenters. The summed E-state index contributed by atoms with van der Waals surface area (Å²) >= 11 is 7.21. The summed E-state index contributed by atoms with van der Waals surface area (Å²) in [6.45, 7) is 1.40. The molecule has 1 aromatic carbocycles. The second-order valence-corrected chi connectivity index (χ2v) is 10.1. The summed E-state index contributed by atoms with van der Waals surface area (Å²) in [5.41, 5.74) is 1.06. The molecule has 0 radical (unpaired) electrons. The fourth-order valence-corrected chi connectivity index (χ4v) is 5.15. The number of pyridine rings is 1. The number of nitrogens with one attached hydrogen (secondary N) is 2. The molecule has 0 spiro atoms. The Morgan fingerprint density at radius 3 is 2.21 bits per heavy atom. The number of hydrogen-bond acceptors (Lipinski definition) is 5. The Labute approximate surface area is 200 Å². The van der Waals surface area contributed by atoms with E-state index in [2.05, 4.69) is 15.5 Å². The van der Waals surface area contributed by atoms with Crippen molar-refractivity contribution < 1.29 is 9.59 Å². The highest BCUT2D eigenvalue weighted by atomic mass is 35.5. The largest absolute Gasteiger partial charge is 0.346 e. The number of halogens is 1. The zero-order valence-electron chi connectivity index (χ0n) is 17.7. The van der Waals surface area contributed by atoms with Gasteiger partial charge in [0.15, 0.2) is 0 Å². The molecule has 9 heteroatoms. The van der Waals surface area contributed by atoms with Gasteiger partial charge >= 0.3 is 0 Å². The topological polar surface area (TPSA) is 83.4 Å². The van der Waals surface area contributed by atoms with Crippen molar-refractivity contribution in [1.82, 2.24) is 20.1 Å². The number of hydrogen-bond donors (Lipinski definition) is 2. The standard InChI is InChI=1S/C24H23ClN4O3S/c25-21-11-10-20(33-21)24(32)27-19-14-28(16-8-9-16)13-18(19)26-23(31)15-4-6-17(7-5-15)29-12-2-1-3-22(29)30/h1-7,10-12,16,18-19H,8-9,13-14H2,(H,26,31)(H,27,32)/t18-,19-/m1/s1. The first kappa shape index (κ1) is 21.9. The number of amides is 2. The van der Waals surface area contributed by atoms with Crippen LogP contribution in [0.3, 0.4) is 0 Å². The van der Waals surface area contributed by atoms with Gasteiger partial charge in [-0.05, 0) is 55.3 Å². The van der Waals surface area contributed by atoms with Gasteiger partial charge in [-0.1, -0.05) is 17.7 Å². The van der Waals surface area contributed by atoms with Crippen molar-refractivity contribution in [3.8, 4) is 5.69 Å². The molecule has 3 aromatic rings. The summed E-state index contributed by atoms with van der Waals surface area (Å²) in [7, 11) is 0. The number of benzene rings is 1. The number of thiophene rings is 1. The van der Waals surface area contributed by atoms with Crippen molar-refractivity contribution in [3.05, 3.63) is 85.9 Å². The van der Waals surface area contributed by atoms with Crippen LogP contribution in [0, 0.1) is 0 Å². The molecule has 5 rings (SSSR count). The van der Waals surface area contributed by atoms with Gasteiger partial charge in [0.1, 0.15) is 0 Å². The van der Waals surface area contributed by atoms with Crippen LogP contribution in [-0.2, 0) is 0 Å². The zero-order chi connectivity index (χ0) is 22.9. The normalized spacial score (nSPS) is 20.5. The van der Waals surface area contributed by atoms with E-state index < -0.39 is 0 Å². The van der Waals surface area contributed by atoms with Gasteiger partial charge in [-0.2, -0.15) is 0 Å². The van der Waals surface area contributed by atoms with Gasteiger partial charge in [0, 0.05) is 42.6 Å². The lowest BCUT2D eigenvalue weighted by Crippen LogP contribution is -2.50. The maximum absolute atomic E-state index is 13.0. The minimum absolute atomic E-state index is 0.133. The summed E-state index contributed by atoms with van der Waals surface area (Å²) in [4.78, 5) is 40.6. The van der Waals surface area contributed by atoms with E-state index in [1.165, 1.54) is 22.0 Å². The number of nitrogens with zero attached hydrogens (tertiary/aromatic N) is 2. The van der Waals surface area contributed by atoms with Gasteiger partial charge in [0.25, 0.3) is 17.4 Å². The summed E-state index contributed by atoms with van der Waals surface area (Å²) in [5.74, 6) is -0.380. The molecule has 1 aliphatic carbocycles. The Kier molecular flexibility index (Phi) is 6.05. The molecule has 2 amide bonds. The molecule has 2 aromatic heterocycles. The quantitative estimate of drug-likeness (QED) is 0.566. The third kappa shape index (κ3) is 4.88. The average Bonchev–Trinajstić information content (AvgIpc) is 3.46. The van der Waals surface area contributed by atoms with Crippen LogP contribution in [0.15, 0.2) is 65.6 Å². The number of carbonyl (C=O) groups is 2. The van der Waals surface area contributed by atoms with E-state index in [-0.39, 0.29) is 29.5 Å². The molecule has 1 saturated heterocycles. The van der Waals surface area contributed by atoms with E-state index in [0.29, 0.717) is 39.6 Å². The van der Waals surface area contributed by atoms with Crippen LogP contribution in [0.1, 0.15) is 32.9 Å². The summed E-state index contributed by atoms with van der Waals surface area (Å²) in [6.07, 6.45) is 4.00. The van der Waals surface area contributed by atoms with Crippen LogP contribution in [-0.4, -0.2) is 52.5 Å². The van der Waals surface area contributed by atoms with Crippen LogP contribution >= 0.6 is 22.9 Å². The highest BCUT2D eigenvalue weighted by Crippen LogP contribution is 2.30. The van der Waals surface area contributed by atoms with Crippen molar-refractivity contribution in [2.75, 3.05) is 13.1 Å². The maximum Gasteiger partial charge on any atom is 0.261 e. The van der Waals surface area contributed by atoms with Crippen molar-refractivity contribution in [2.45, 2.75) is 31.0 Å². The van der Waals surface area contributed by atoms with E-state index in [9.17, 15) is 14.4 Å². The molecule has 7 nitrogen and oxygen atoms in total. The first-order chi connectivity index (χ1) is 16.0. The predicted octanol–water partition coefficient (Wildman–Crippen LogP) is 2.93. The number of carbonyl (C=O) groups excluding carboxylic acids is 2. The van der Waals surface area contributed by atoms with Crippen LogP contribution in [0.25, 0.3) is 5.69 Å². The molecule has 170 valence electrons. The molecule has 1 saturated carbocycles. The van der Waals surface area contributed by atoms with Gasteiger partial charge in [0.05, 0.1) is 21.3 Å². The Hall–Kier alpha value is -2.94. The first-order valence-electron chi connectivity index (χ1n) is 10.9. The van der Waals surface area contributed by atoms with Crippen LogP contribution in [0.2, 0.25) is 4.34 Å². The van der Waals surface area contributed by atoms with E-state index in [1.807, 2.05) is 0 Å². The van der Waals surface area contributed by atoms with E-state index in [0.717, 1.165) is 12.8 Å². The van der Waals surface area contributed by atoms with E-state index >= 15 is 0 Å². The lowest BCUT2D eigenvalue weighted by Gasteiger charge is -2.21. The fraction of sp³-hybridized carbons (Fsp3) is 0.292. The lowest BCUT2D eigenvalue weighted by molar-refractivity contribution is 0.0898. The van der Waals surface area contributed by atoms with E-state index in [1.54, 1.807) is 54.7 Å². The Morgan fingerprint density at radius 1 is 0.909 bits per heavy atom.